The van der Waals surface area contributed by atoms with Gasteiger partial charge in [-0.3, -0.25) is 0 Å². The van der Waals surface area contributed by atoms with Crippen LogP contribution in [0.2, 0.25) is 0 Å². The number of hydrogen-bond donors (Lipinski definition) is 2. The van der Waals surface area contributed by atoms with E-state index in [0.29, 0.717) is 0 Å². The molecule has 2 N–H and O–H groups in total. The predicted molar refractivity (Wildman–Crippen MR) is 38.6 cm³/mol. The number of azide groups is 1. The van der Waals surface area contributed by atoms with Gasteiger partial charge in [-0.2, -0.15) is 0 Å². The zero-order valence-electron chi connectivity index (χ0n) is 5.47. The third-order valence-corrected chi connectivity index (χ3v) is 1.05. The molecule has 0 aliphatic carbocycles. The second-order valence-corrected chi connectivity index (χ2v) is 1.90. The summed E-state index contributed by atoms with van der Waals surface area (Å²) in [5, 5.41) is 20.9. The lowest BCUT2D eigenvalue weighted by molar-refractivity contribution is 0.451. The van der Waals surface area contributed by atoms with Crippen molar-refractivity contribution in [2.24, 2.45) is 5.11 Å². The fraction of sp³-hybridized carbons (Fsp3) is 0. The van der Waals surface area contributed by atoms with Crippen LogP contribution in [-0.2, 0) is 0 Å². The van der Waals surface area contributed by atoms with E-state index in [2.05, 4.69) is 10.0 Å². The number of benzene rings is 1. The van der Waals surface area contributed by atoms with Crippen molar-refractivity contribution in [3.63, 3.8) is 0 Å². The maximum Gasteiger partial charge on any atom is 0.119 e. The molecule has 0 aliphatic rings. The van der Waals surface area contributed by atoms with E-state index in [0.717, 1.165) is 6.07 Å². The van der Waals surface area contributed by atoms with Crippen molar-refractivity contribution in [1.82, 2.24) is 0 Å². The zero-order valence-corrected chi connectivity index (χ0v) is 5.47. The van der Waals surface area contributed by atoms with Crippen molar-refractivity contribution in [3.8, 4) is 11.5 Å². The number of hydrogen-bond acceptors (Lipinski definition) is 3. The molecule has 5 nitrogen and oxygen atoms in total. The highest BCUT2D eigenvalue weighted by molar-refractivity contribution is 5.48. The van der Waals surface area contributed by atoms with E-state index in [1.165, 1.54) is 12.1 Å². The van der Waals surface area contributed by atoms with Gasteiger partial charge in [0, 0.05) is 16.7 Å². The number of phenols is 2. The van der Waals surface area contributed by atoms with Crippen LogP contribution < -0.4 is 0 Å². The molecule has 0 radical (unpaired) electrons. The van der Waals surface area contributed by atoms with E-state index < -0.39 is 0 Å². The first kappa shape index (κ1) is 7.24. The highest BCUT2D eigenvalue weighted by Crippen LogP contribution is 2.25. The Hall–Kier alpha value is -1.87. The Bertz CT molecular complexity index is 297. The number of rotatable bonds is 1. The van der Waals surface area contributed by atoms with Crippen molar-refractivity contribution in [3.05, 3.63) is 28.6 Å². The van der Waals surface area contributed by atoms with E-state index in [-0.39, 0.29) is 17.2 Å². The largest absolute Gasteiger partial charge is 0.508 e. The lowest BCUT2D eigenvalue weighted by Gasteiger charge is -1.95. The van der Waals surface area contributed by atoms with Gasteiger partial charge in [0.25, 0.3) is 0 Å². The molecule has 1 aromatic rings. The summed E-state index contributed by atoms with van der Waals surface area (Å²) in [5.41, 5.74) is 8.18. The minimum Gasteiger partial charge on any atom is -0.508 e. The minimum absolute atomic E-state index is 0.132. The molecular weight excluding hydrogens is 146 g/mol. The first-order valence-corrected chi connectivity index (χ1v) is 2.80. The second-order valence-electron chi connectivity index (χ2n) is 1.90. The number of nitrogens with zero attached hydrogens (tertiary/aromatic N) is 3. The predicted octanol–water partition coefficient (Wildman–Crippen LogP) is 2.04. The Balaban J connectivity index is 3.18. The summed E-state index contributed by atoms with van der Waals surface area (Å²) in [4.78, 5) is 2.49. The van der Waals surface area contributed by atoms with E-state index in [4.69, 9.17) is 15.7 Å². The van der Waals surface area contributed by atoms with Gasteiger partial charge in [-0.1, -0.05) is 5.11 Å². The maximum absolute atomic E-state index is 8.88. The molecule has 1 aromatic carbocycles. The maximum atomic E-state index is 8.88. The SMILES string of the molecule is [N-]=[N+]=Nc1cc(O)cc(O)c1. The van der Waals surface area contributed by atoms with E-state index in [1.807, 2.05) is 0 Å². The van der Waals surface area contributed by atoms with Crippen LogP contribution in [0, 0.1) is 0 Å². The molecule has 0 saturated carbocycles. The van der Waals surface area contributed by atoms with Crippen molar-refractivity contribution in [1.29, 1.82) is 0 Å². The summed E-state index contributed by atoms with van der Waals surface area (Å²) in [6.07, 6.45) is 0. The van der Waals surface area contributed by atoms with Crippen molar-refractivity contribution in [2.75, 3.05) is 0 Å². The molecule has 0 heterocycles. The van der Waals surface area contributed by atoms with Gasteiger partial charge >= 0.3 is 0 Å². The van der Waals surface area contributed by atoms with Crippen LogP contribution >= 0.6 is 0 Å². The monoisotopic (exact) mass is 151 g/mol. The Kier molecular flexibility index (Phi) is 1.85. The van der Waals surface area contributed by atoms with Gasteiger partial charge in [0.05, 0.1) is 0 Å². The molecular formula is C6H5N3O2. The van der Waals surface area contributed by atoms with Crippen LogP contribution in [0.1, 0.15) is 0 Å². The minimum atomic E-state index is -0.132. The summed E-state index contributed by atoms with van der Waals surface area (Å²) in [5.74, 6) is -0.264. The average Bonchev–Trinajstić information content (AvgIpc) is 1.85. The first-order valence-electron chi connectivity index (χ1n) is 2.80. The summed E-state index contributed by atoms with van der Waals surface area (Å²) in [7, 11) is 0. The third kappa shape index (κ3) is 1.77. The summed E-state index contributed by atoms with van der Waals surface area (Å²) >= 11 is 0. The lowest BCUT2D eigenvalue weighted by atomic mass is 10.3. The highest BCUT2D eigenvalue weighted by Gasteiger charge is 1.95. The standard InChI is InChI=1S/C6H5N3O2/c7-9-8-4-1-5(10)3-6(11)2-4/h1-3,10-11H. The van der Waals surface area contributed by atoms with Crippen molar-refractivity contribution in [2.45, 2.75) is 0 Å². The Morgan fingerprint density at radius 2 is 1.73 bits per heavy atom. The highest BCUT2D eigenvalue weighted by atomic mass is 16.3. The topological polar surface area (TPSA) is 89.2 Å². The van der Waals surface area contributed by atoms with E-state index >= 15 is 0 Å². The summed E-state index contributed by atoms with van der Waals surface area (Å²) < 4.78 is 0. The van der Waals surface area contributed by atoms with Gasteiger partial charge in [-0.15, -0.1) is 0 Å². The quantitative estimate of drug-likeness (QED) is 0.365. The fourth-order valence-corrected chi connectivity index (χ4v) is 0.689. The summed E-state index contributed by atoms with van der Waals surface area (Å²) in [6.45, 7) is 0. The third-order valence-electron chi connectivity index (χ3n) is 1.05. The van der Waals surface area contributed by atoms with Crippen LogP contribution in [0.5, 0.6) is 11.5 Å². The second kappa shape index (κ2) is 2.81. The van der Waals surface area contributed by atoms with Gasteiger partial charge in [0.15, 0.2) is 0 Å². The van der Waals surface area contributed by atoms with Gasteiger partial charge < -0.3 is 10.2 Å². The van der Waals surface area contributed by atoms with Crippen molar-refractivity contribution >= 4 is 5.69 Å². The van der Waals surface area contributed by atoms with Gasteiger partial charge in [0.2, 0.25) is 0 Å². The van der Waals surface area contributed by atoms with Gasteiger partial charge in [-0.25, -0.2) is 0 Å². The molecule has 0 saturated heterocycles. The molecule has 0 spiro atoms. The number of aromatic hydroxyl groups is 2. The van der Waals surface area contributed by atoms with Gasteiger partial charge in [0.1, 0.15) is 11.5 Å². The molecule has 11 heavy (non-hydrogen) atoms. The Morgan fingerprint density at radius 1 is 1.18 bits per heavy atom. The van der Waals surface area contributed by atoms with E-state index in [9.17, 15) is 0 Å². The lowest BCUT2D eigenvalue weighted by Crippen LogP contribution is -1.65. The first-order chi connectivity index (χ1) is 5.22. The average molecular weight is 151 g/mol. The molecule has 0 aromatic heterocycles. The van der Waals surface area contributed by atoms with E-state index in [1.54, 1.807) is 0 Å². The molecule has 1 rings (SSSR count). The fourth-order valence-electron chi connectivity index (χ4n) is 0.689. The van der Waals surface area contributed by atoms with Crippen molar-refractivity contribution < 1.29 is 10.2 Å². The number of phenolic OH excluding ortho intramolecular Hbond substituents is 2. The van der Waals surface area contributed by atoms with Crippen LogP contribution in [-0.4, -0.2) is 10.2 Å². The van der Waals surface area contributed by atoms with Crippen LogP contribution in [0.4, 0.5) is 5.69 Å². The van der Waals surface area contributed by atoms with Crippen LogP contribution in [0.3, 0.4) is 0 Å². The molecule has 56 valence electrons. The molecule has 0 amide bonds. The smallest absolute Gasteiger partial charge is 0.119 e. The molecule has 0 unspecified atom stereocenters. The Morgan fingerprint density at radius 3 is 2.18 bits per heavy atom. The summed E-state index contributed by atoms with van der Waals surface area (Å²) in [6, 6.07) is 3.65. The molecule has 0 aliphatic heterocycles. The Labute approximate surface area is 62.2 Å². The zero-order chi connectivity index (χ0) is 8.27. The van der Waals surface area contributed by atoms with Crippen LogP contribution in [0.25, 0.3) is 10.4 Å². The van der Waals surface area contributed by atoms with Gasteiger partial charge in [-0.05, 0) is 17.7 Å². The van der Waals surface area contributed by atoms with Crippen LogP contribution in [0.15, 0.2) is 23.3 Å². The molecule has 0 bridgehead atoms. The normalized spacial score (nSPS) is 8.73. The molecule has 0 atom stereocenters. The molecule has 0 fully saturated rings. The molecule has 5 heteroatoms.